The van der Waals surface area contributed by atoms with Crippen LogP contribution >= 0.6 is 27.3 Å². The number of ether oxygens (including phenoxy) is 1. The van der Waals surface area contributed by atoms with E-state index >= 15 is 0 Å². The lowest BCUT2D eigenvalue weighted by Crippen LogP contribution is -1.96. The SMILES string of the molecule is Cc1cc(Br)ccc1OCc1nnc(N)s1. The summed E-state index contributed by atoms with van der Waals surface area (Å²) in [6, 6.07) is 5.87. The van der Waals surface area contributed by atoms with Crippen molar-refractivity contribution in [1.82, 2.24) is 10.2 Å². The summed E-state index contributed by atoms with van der Waals surface area (Å²) in [5.41, 5.74) is 6.56. The van der Waals surface area contributed by atoms with Gasteiger partial charge >= 0.3 is 0 Å². The second kappa shape index (κ2) is 4.80. The highest BCUT2D eigenvalue weighted by Gasteiger charge is 2.04. The molecule has 0 amide bonds. The van der Waals surface area contributed by atoms with Crippen molar-refractivity contribution in [2.75, 3.05) is 5.73 Å². The first kappa shape index (κ1) is 11.3. The van der Waals surface area contributed by atoms with Gasteiger partial charge in [-0.3, -0.25) is 0 Å². The van der Waals surface area contributed by atoms with E-state index in [1.54, 1.807) is 0 Å². The van der Waals surface area contributed by atoms with E-state index in [1.807, 2.05) is 25.1 Å². The molecule has 0 radical (unpaired) electrons. The number of hydrogen-bond acceptors (Lipinski definition) is 5. The van der Waals surface area contributed by atoms with Crippen LogP contribution < -0.4 is 10.5 Å². The van der Waals surface area contributed by atoms with Gasteiger partial charge in [-0.25, -0.2) is 0 Å². The van der Waals surface area contributed by atoms with E-state index in [2.05, 4.69) is 26.1 Å². The summed E-state index contributed by atoms with van der Waals surface area (Å²) >= 11 is 4.74. The molecule has 2 rings (SSSR count). The van der Waals surface area contributed by atoms with Crippen LogP contribution in [0.4, 0.5) is 5.13 Å². The number of benzene rings is 1. The largest absolute Gasteiger partial charge is 0.486 e. The molecule has 0 unspecified atom stereocenters. The Balaban J connectivity index is 2.04. The number of rotatable bonds is 3. The molecule has 2 aromatic rings. The molecule has 2 N–H and O–H groups in total. The summed E-state index contributed by atoms with van der Waals surface area (Å²) in [6.07, 6.45) is 0. The van der Waals surface area contributed by atoms with Crippen LogP contribution in [0, 0.1) is 6.92 Å². The predicted molar refractivity (Wildman–Crippen MR) is 67.5 cm³/mol. The van der Waals surface area contributed by atoms with Gasteiger partial charge in [-0.2, -0.15) is 0 Å². The fraction of sp³-hybridized carbons (Fsp3) is 0.200. The summed E-state index contributed by atoms with van der Waals surface area (Å²) in [5, 5.41) is 8.85. The molecule has 0 spiro atoms. The Kier molecular flexibility index (Phi) is 3.40. The Morgan fingerprint density at radius 3 is 2.88 bits per heavy atom. The number of aromatic nitrogens is 2. The number of nitrogens with two attached hydrogens (primary N) is 1. The third kappa shape index (κ3) is 2.70. The van der Waals surface area contributed by atoms with Crippen LogP contribution in [-0.4, -0.2) is 10.2 Å². The molecule has 1 aromatic carbocycles. The van der Waals surface area contributed by atoms with Crippen LogP contribution in [0.15, 0.2) is 22.7 Å². The Labute approximate surface area is 106 Å². The highest BCUT2D eigenvalue weighted by atomic mass is 79.9. The minimum absolute atomic E-state index is 0.400. The average Bonchev–Trinajstić information content (AvgIpc) is 2.63. The van der Waals surface area contributed by atoms with E-state index in [4.69, 9.17) is 10.5 Å². The molecule has 16 heavy (non-hydrogen) atoms. The van der Waals surface area contributed by atoms with Gasteiger partial charge in [-0.05, 0) is 30.7 Å². The Morgan fingerprint density at radius 1 is 1.44 bits per heavy atom. The Bertz CT molecular complexity index is 501. The molecular formula is C10H10BrN3OS. The highest BCUT2D eigenvalue weighted by molar-refractivity contribution is 9.10. The number of hydrogen-bond donors (Lipinski definition) is 1. The minimum Gasteiger partial charge on any atom is -0.486 e. The smallest absolute Gasteiger partial charge is 0.203 e. The summed E-state index contributed by atoms with van der Waals surface area (Å²) in [4.78, 5) is 0. The van der Waals surface area contributed by atoms with Crippen molar-refractivity contribution in [3.05, 3.63) is 33.2 Å². The first-order valence-corrected chi connectivity index (χ1v) is 6.23. The topological polar surface area (TPSA) is 61.0 Å². The second-order valence-electron chi connectivity index (χ2n) is 3.23. The average molecular weight is 300 g/mol. The zero-order chi connectivity index (χ0) is 11.5. The van der Waals surface area contributed by atoms with Crippen molar-refractivity contribution < 1.29 is 4.74 Å². The maximum absolute atomic E-state index is 5.62. The van der Waals surface area contributed by atoms with Gasteiger partial charge in [0.1, 0.15) is 12.4 Å². The third-order valence-electron chi connectivity index (χ3n) is 1.97. The monoisotopic (exact) mass is 299 g/mol. The molecule has 0 bridgehead atoms. The van der Waals surface area contributed by atoms with Crippen molar-refractivity contribution in [1.29, 1.82) is 0 Å². The van der Waals surface area contributed by atoms with Gasteiger partial charge in [0.2, 0.25) is 5.13 Å². The van der Waals surface area contributed by atoms with E-state index < -0.39 is 0 Å². The quantitative estimate of drug-likeness (QED) is 0.947. The van der Waals surface area contributed by atoms with Gasteiger partial charge in [-0.1, -0.05) is 27.3 Å². The Morgan fingerprint density at radius 2 is 2.25 bits per heavy atom. The molecule has 0 aliphatic rings. The van der Waals surface area contributed by atoms with Crippen LogP contribution in [0.5, 0.6) is 5.75 Å². The van der Waals surface area contributed by atoms with Gasteiger partial charge in [0.15, 0.2) is 5.01 Å². The molecule has 0 aliphatic carbocycles. The van der Waals surface area contributed by atoms with Crippen LogP contribution in [-0.2, 0) is 6.61 Å². The highest BCUT2D eigenvalue weighted by Crippen LogP contribution is 2.23. The van der Waals surface area contributed by atoms with E-state index in [0.717, 1.165) is 20.8 Å². The number of nitrogens with zero attached hydrogens (tertiary/aromatic N) is 2. The first-order chi connectivity index (χ1) is 7.65. The fourth-order valence-corrected chi connectivity index (χ4v) is 2.24. The molecule has 84 valence electrons. The van der Waals surface area contributed by atoms with Crippen LogP contribution in [0.3, 0.4) is 0 Å². The van der Waals surface area contributed by atoms with Crippen molar-refractivity contribution >= 4 is 32.4 Å². The second-order valence-corrected chi connectivity index (χ2v) is 5.24. The standard InChI is InChI=1S/C10H10BrN3OS/c1-6-4-7(11)2-3-8(6)15-5-9-13-14-10(12)16-9/h2-4H,5H2,1H3,(H2,12,14). The van der Waals surface area contributed by atoms with Crippen molar-refractivity contribution in [2.45, 2.75) is 13.5 Å². The first-order valence-electron chi connectivity index (χ1n) is 4.62. The lowest BCUT2D eigenvalue weighted by atomic mass is 10.2. The lowest BCUT2D eigenvalue weighted by Gasteiger charge is -2.07. The van der Waals surface area contributed by atoms with Crippen LogP contribution in [0.1, 0.15) is 10.6 Å². The van der Waals surface area contributed by atoms with Gasteiger partial charge in [-0.15, -0.1) is 10.2 Å². The van der Waals surface area contributed by atoms with Crippen molar-refractivity contribution in [3.63, 3.8) is 0 Å². The molecule has 4 nitrogen and oxygen atoms in total. The maximum Gasteiger partial charge on any atom is 0.203 e. The van der Waals surface area contributed by atoms with Crippen LogP contribution in [0.2, 0.25) is 0 Å². The summed E-state index contributed by atoms with van der Waals surface area (Å²) in [5.74, 6) is 0.844. The van der Waals surface area contributed by atoms with E-state index in [1.165, 1.54) is 11.3 Å². The molecule has 1 heterocycles. The predicted octanol–water partition coefficient (Wildman–Crippen LogP) is 2.77. The van der Waals surface area contributed by atoms with Crippen LogP contribution in [0.25, 0.3) is 0 Å². The molecule has 0 saturated carbocycles. The van der Waals surface area contributed by atoms with Crippen molar-refractivity contribution in [2.24, 2.45) is 0 Å². The normalized spacial score (nSPS) is 10.4. The minimum atomic E-state index is 0.400. The zero-order valence-electron chi connectivity index (χ0n) is 8.61. The summed E-state index contributed by atoms with van der Waals surface area (Å²) < 4.78 is 6.66. The number of nitrogen functional groups attached to an aromatic ring is 1. The van der Waals surface area contributed by atoms with Crippen molar-refractivity contribution in [3.8, 4) is 5.75 Å². The van der Waals surface area contributed by atoms with Gasteiger partial charge < -0.3 is 10.5 Å². The molecule has 0 aliphatic heterocycles. The van der Waals surface area contributed by atoms with Gasteiger partial charge in [0, 0.05) is 4.47 Å². The maximum atomic E-state index is 5.62. The number of aryl methyl sites for hydroxylation is 1. The Hall–Kier alpha value is -1.14. The molecule has 6 heteroatoms. The lowest BCUT2D eigenvalue weighted by molar-refractivity contribution is 0.302. The number of halogens is 1. The summed E-state index contributed by atoms with van der Waals surface area (Å²) in [7, 11) is 0. The molecule has 0 fully saturated rings. The number of anilines is 1. The van der Waals surface area contributed by atoms with Gasteiger partial charge in [0.25, 0.3) is 0 Å². The molecule has 0 saturated heterocycles. The molecule has 1 aromatic heterocycles. The molecule has 0 atom stereocenters. The molecular weight excluding hydrogens is 290 g/mol. The zero-order valence-corrected chi connectivity index (χ0v) is 11.0. The summed E-state index contributed by atoms with van der Waals surface area (Å²) in [6.45, 7) is 2.39. The fourth-order valence-electron chi connectivity index (χ4n) is 1.24. The van der Waals surface area contributed by atoms with E-state index in [9.17, 15) is 0 Å². The van der Waals surface area contributed by atoms with Gasteiger partial charge in [0.05, 0.1) is 0 Å². The van der Waals surface area contributed by atoms with E-state index in [0.29, 0.717) is 11.7 Å². The van der Waals surface area contributed by atoms with E-state index in [-0.39, 0.29) is 0 Å². The third-order valence-corrected chi connectivity index (χ3v) is 3.19.